The van der Waals surface area contributed by atoms with Gasteiger partial charge in [0.25, 0.3) is 0 Å². The van der Waals surface area contributed by atoms with Gasteiger partial charge in [0.2, 0.25) is 10.0 Å². The van der Waals surface area contributed by atoms with Gasteiger partial charge in [-0.25, -0.2) is 17.6 Å². The van der Waals surface area contributed by atoms with Crippen LogP contribution in [0.4, 0.5) is 10.1 Å². The number of sulfonamides is 1. The summed E-state index contributed by atoms with van der Waals surface area (Å²) >= 11 is 0. The van der Waals surface area contributed by atoms with E-state index in [1.54, 1.807) is 31.2 Å². The Labute approximate surface area is 221 Å². The summed E-state index contributed by atoms with van der Waals surface area (Å²) in [7, 11) is -3.83. The summed E-state index contributed by atoms with van der Waals surface area (Å²) in [5, 5.41) is 18.4. The first-order valence-electron chi connectivity index (χ1n) is 11.9. The third-order valence-corrected chi connectivity index (χ3v) is 7.53. The molecule has 3 aromatic rings. The molecule has 0 spiro atoms. The monoisotopic (exact) mass is 532 g/mol. The molecule has 1 aliphatic rings. The van der Waals surface area contributed by atoms with Gasteiger partial charge in [0.1, 0.15) is 5.82 Å². The Balaban J connectivity index is 1.66. The van der Waals surface area contributed by atoms with Crippen molar-refractivity contribution in [2.75, 3.05) is 30.3 Å². The summed E-state index contributed by atoms with van der Waals surface area (Å²) in [5.41, 5.74) is 2.80. The van der Waals surface area contributed by atoms with Crippen molar-refractivity contribution in [3.05, 3.63) is 100 Å². The van der Waals surface area contributed by atoms with E-state index in [-0.39, 0.29) is 23.9 Å². The minimum absolute atomic E-state index is 0.0495. The molecule has 4 rings (SSSR count). The molecule has 0 aliphatic carbocycles. The average molecular weight is 533 g/mol. The van der Waals surface area contributed by atoms with Crippen LogP contribution in [0.3, 0.4) is 0 Å². The molecule has 8 nitrogen and oxygen atoms in total. The zero-order valence-corrected chi connectivity index (χ0v) is 21.7. The van der Waals surface area contributed by atoms with Crippen LogP contribution in [0.1, 0.15) is 45.6 Å². The van der Waals surface area contributed by atoms with Crippen molar-refractivity contribution < 1.29 is 22.3 Å². The van der Waals surface area contributed by atoms with Crippen LogP contribution < -0.4 is 4.31 Å². The quantitative estimate of drug-likeness (QED) is 0.403. The van der Waals surface area contributed by atoms with Gasteiger partial charge >= 0.3 is 5.97 Å². The lowest BCUT2D eigenvalue weighted by Crippen LogP contribution is -2.61. The van der Waals surface area contributed by atoms with E-state index < -0.39 is 27.9 Å². The maximum Gasteiger partial charge on any atom is 0.338 e. The van der Waals surface area contributed by atoms with Crippen LogP contribution >= 0.6 is 0 Å². The van der Waals surface area contributed by atoms with Crippen molar-refractivity contribution in [3.63, 3.8) is 0 Å². The van der Waals surface area contributed by atoms with Gasteiger partial charge in [-0.3, -0.25) is 9.21 Å². The second-order valence-electron chi connectivity index (χ2n) is 8.96. The Morgan fingerprint density at radius 3 is 2.00 bits per heavy atom. The van der Waals surface area contributed by atoms with Crippen molar-refractivity contribution in [2.45, 2.75) is 19.0 Å². The molecular formula is C28H25FN4O4S. The molecule has 0 unspecified atom stereocenters. The molecule has 1 aliphatic heterocycles. The number of ether oxygens (including phenoxy) is 1. The fraction of sp³-hybridized carbons (Fsp3) is 0.250. The van der Waals surface area contributed by atoms with E-state index in [1.807, 2.05) is 24.3 Å². The molecule has 3 aromatic carbocycles. The largest absolute Gasteiger partial charge is 0.462 e. The molecule has 0 radical (unpaired) electrons. The highest BCUT2D eigenvalue weighted by molar-refractivity contribution is 7.92. The van der Waals surface area contributed by atoms with Crippen molar-refractivity contribution >= 4 is 21.7 Å². The molecule has 1 saturated heterocycles. The molecule has 38 heavy (non-hydrogen) atoms. The van der Waals surface area contributed by atoms with Crippen molar-refractivity contribution in [2.24, 2.45) is 0 Å². The normalized spacial score (nSPS) is 13.8. The first kappa shape index (κ1) is 26.8. The van der Waals surface area contributed by atoms with Crippen LogP contribution in [0.5, 0.6) is 0 Å². The van der Waals surface area contributed by atoms with Gasteiger partial charge in [-0.2, -0.15) is 10.5 Å². The molecular weight excluding hydrogens is 507 g/mol. The molecule has 194 valence electrons. The third kappa shape index (κ3) is 5.67. The highest BCUT2D eigenvalue weighted by atomic mass is 32.2. The van der Waals surface area contributed by atoms with E-state index in [0.717, 1.165) is 33.8 Å². The second-order valence-corrected chi connectivity index (χ2v) is 10.8. The Morgan fingerprint density at radius 1 is 1.03 bits per heavy atom. The molecule has 0 saturated carbocycles. The second kappa shape index (κ2) is 11.0. The number of hydrogen-bond donors (Lipinski definition) is 0. The van der Waals surface area contributed by atoms with Crippen LogP contribution in [-0.2, 0) is 14.8 Å². The van der Waals surface area contributed by atoms with Crippen molar-refractivity contribution in [3.8, 4) is 12.1 Å². The van der Waals surface area contributed by atoms with Crippen molar-refractivity contribution in [1.29, 1.82) is 10.5 Å². The van der Waals surface area contributed by atoms with Crippen LogP contribution in [0.15, 0.2) is 66.7 Å². The molecule has 0 amide bonds. The minimum atomic E-state index is -3.83. The number of carbonyl (C=O) groups excluding carboxylic acids is 1. The number of anilines is 1. The van der Waals surface area contributed by atoms with Gasteiger partial charge in [0.05, 0.1) is 59.5 Å². The van der Waals surface area contributed by atoms with E-state index in [0.29, 0.717) is 24.2 Å². The van der Waals surface area contributed by atoms with E-state index in [1.165, 1.54) is 6.07 Å². The Bertz CT molecular complexity index is 1460. The van der Waals surface area contributed by atoms with Gasteiger partial charge in [-0.05, 0) is 60.5 Å². The smallest absolute Gasteiger partial charge is 0.338 e. The average Bonchev–Trinajstić information content (AvgIpc) is 2.87. The Morgan fingerprint density at radius 2 is 1.55 bits per heavy atom. The number of likely N-dealkylation sites (tertiary alicyclic amines) is 1. The summed E-state index contributed by atoms with van der Waals surface area (Å²) in [6.07, 6.45) is 1.04. The number of nitrogens with zero attached hydrogens (tertiary/aromatic N) is 4. The highest BCUT2D eigenvalue weighted by Gasteiger charge is 2.41. The summed E-state index contributed by atoms with van der Waals surface area (Å²) in [6.45, 7) is 2.37. The molecule has 0 N–H and O–H groups in total. The van der Waals surface area contributed by atoms with Gasteiger partial charge in [0.15, 0.2) is 0 Å². The third-order valence-electron chi connectivity index (χ3n) is 6.30. The van der Waals surface area contributed by atoms with Gasteiger partial charge in [-0.1, -0.05) is 24.3 Å². The van der Waals surface area contributed by atoms with E-state index in [9.17, 15) is 28.1 Å². The van der Waals surface area contributed by atoms with E-state index in [2.05, 4.69) is 17.0 Å². The van der Waals surface area contributed by atoms with E-state index >= 15 is 0 Å². The molecule has 10 heteroatoms. The summed E-state index contributed by atoms with van der Waals surface area (Å²) < 4.78 is 46.3. The lowest BCUT2D eigenvalue weighted by Gasteiger charge is -2.48. The minimum Gasteiger partial charge on any atom is -0.462 e. The maximum absolute atomic E-state index is 14.4. The van der Waals surface area contributed by atoms with Gasteiger partial charge in [0, 0.05) is 13.1 Å². The fourth-order valence-corrected chi connectivity index (χ4v) is 5.81. The number of rotatable bonds is 8. The lowest BCUT2D eigenvalue weighted by molar-refractivity contribution is 0.0525. The van der Waals surface area contributed by atoms with Crippen LogP contribution in [0.2, 0.25) is 0 Å². The zero-order chi connectivity index (χ0) is 27.4. The van der Waals surface area contributed by atoms with Gasteiger partial charge < -0.3 is 4.74 Å². The van der Waals surface area contributed by atoms with Crippen LogP contribution in [-0.4, -0.2) is 51.3 Å². The predicted octanol–water partition coefficient (Wildman–Crippen LogP) is 3.99. The SMILES string of the molecule is CCOC(=O)c1cc(F)cc(N(C2CN(C(c3ccc(C#N)cc3)c3ccc(C#N)cc3)C2)S(C)(=O)=O)c1. The lowest BCUT2D eigenvalue weighted by atomic mass is 9.92. The Hall–Kier alpha value is -4.25. The fourth-order valence-electron chi connectivity index (χ4n) is 4.65. The molecule has 0 atom stereocenters. The van der Waals surface area contributed by atoms with Crippen molar-refractivity contribution in [1.82, 2.24) is 4.90 Å². The predicted molar refractivity (Wildman–Crippen MR) is 139 cm³/mol. The number of carbonyl (C=O) groups is 1. The van der Waals surface area contributed by atoms with Crippen LogP contribution in [0, 0.1) is 28.5 Å². The Kier molecular flexibility index (Phi) is 7.77. The standard InChI is InChI=1S/C28H25FN4O4S/c1-3-37-28(34)23-12-24(29)14-25(13-23)33(38(2,35)36)26-17-32(18-26)27(21-8-4-19(15-30)5-9-21)22-10-6-20(16-31)7-11-22/h4-14,26-27H,3,17-18H2,1-2H3. The number of benzene rings is 3. The van der Waals surface area contributed by atoms with Crippen LogP contribution in [0.25, 0.3) is 0 Å². The topological polar surface area (TPSA) is 114 Å². The number of hydrogen-bond acceptors (Lipinski definition) is 7. The maximum atomic E-state index is 14.4. The highest BCUT2D eigenvalue weighted by Crippen LogP contribution is 2.36. The molecule has 0 bridgehead atoms. The number of nitriles is 2. The molecule has 1 fully saturated rings. The first-order valence-corrected chi connectivity index (χ1v) is 13.7. The summed E-state index contributed by atoms with van der Waals surface area (Å²) in [5.74, 6) is -1.48. The summed E-state index contributed by atoms with van der Waals surface area (Å²) in [4.78, 5) is 14.3. The molecule has 1 heterocycles. The zero-order valence-electron chi connectivity index (χ0n) is 20.8. The first-order chi connectivity index (χ1) is 18.1. The number of esters is 1. The number of halogens is 1. The summed E-state index contributed by atoms with van der Waals surface area (Å²) in [6, 6.07) is 21.1. The van der Waals surface area contributed by atoms with E-state index in [4.69, 9.17) is 4.74 Å². The molecule has 0 aromatic heterocycles. The van der Waals surface area contributed by atoms with Gasteiger partial charge in [-0.15, -0.1) is 0 Å².